The topological polar surface area (TPSA) is 9.23 Å². The third-order valence-corrected chi connectivity index (χ3v) is 9.43. The Morgan fingerprint density at radius 3 is 2.25 bits per heavy atom. The molecule has 0 N–H and O–H groups in total. The molecule has 0 aromatic carbocycles. The summed E-state index contributed by atoms with van der Waals surface area (Å²) in [6.45, 7) is 16.1. The van der Waals surface area contributed by atoms with Crippen LogP contribution >= 0.6 is 0 Å². The van der Waals surface area contributed by atoms with Gasteiger partial charge in [-0.1, -0.05) is 59.8 Å². The summed E-state index contributed by atoms with van der Waals surface area (Å²) in [7, 11) is -1.70. The molecule has 0 aromatic rings. The minimum atomic E-state index is -1.70. The molecular weight excluding hydrogens is 260 g/mol. The molecule has 0 unspecified atom stereocenters. The average molecular weight is 295 g/mol. The number of hydrogen-bond acceptors (Lipinski definition) is 1. The van der Waals surface area contributed by atoms with E-state index in [1.54, 1.807) is 0 Å². The zero-order valence-corrected chi connectivity index (χ0v) is 15.7. The Hall–Kier alpha value is -0.263. The van der Waals surface area contributed by atoms with Crippen LogP contribution in [0.25, 0.3) is 0 Å². The second kappa shape index (κ2) is 6.67. The van der Waals surface area contributed by atoms with Crippen molar-refractivity contribution in [2.75, 3.05) is 0 Å². The van der Waals surface area contributed by atoms with Gasteiger partial charge in [-0.15, -0.1) is 5.92 Å². The lowest BCUT2D eigenvalue weighted by Gasteiger charge is -2.38. The monoisotopic (exact) mass is 294 g/mol. The molecule has 20 heavy (non-hydrogen) atoms. The SMILES string of the molecule is CCCCCCC#C[C@]1(O[Si](C)(C)C(C)(C)C)C[C@H]1C. The predicted octanol–water partition coefficient (Wildman–Crippen LogP) is 5.76. The van der Waals surface area contributed by atoms with Gasteiger partial charge in [0.1, 0.15) is 5.60 Å². The number of rotatable bonds is 6. The van der Waals surface area contributed by atoms with Gasteiger partial charge in [-0.25, -0.2) is 0 Å². The molecule has 0 amide bonds. The second-order valence-electron chi connectivity index (χ2n) is 7.97. The van der Waals surface area contributed by atoms with Crippen LogP contribution in [0.2, 0.25) is 18.1 Å². The lowest BCUT2D eigenvalue weighted by molar-refractivity contribution is 0.200. The Balaban J connectivity index is 2.55. The summed E-state index contributed by atoms with van der Waals surface area (Å²) in [5.74, 6) is 7.50. The zero-order chi connectivity index (χ0) is 15.4. The second-order valence-corrected chi connectivity index (χ2v) is 12.7. The van der Waals surface area contributed by atoms with Gasteiger partial charge < -0.3 is 4.43 Å². The number of hydrogen-bond donors (Lipinski definition) is 0. The van der Waals surface area contributed by atoms with Gasteiger partial charge in [0.15, 0.2) is 8.32 Å². The molecule has 2 atom stereocenters. The van der Waals surface area contributed by atoms with Gasteiger partial charge in [0.2, 0.25) is 0 Å². The third kappa shape index (κ3) is 4.64. The summed E-state index contributed by atoms with van der Waals surface area (Å²) < 4.78 is 6.61. The van der Waals surface area contributed by atoms with Crippen LogP contribution in [-0.2, 0) is 4.43 Å². The first kappa shape index (κ1) is 17.8. The van der Waals surface area contributed by atoms with Gasteiger partial charge in [0, 0.05) is 6.42 Å². The van der Waals surface area contributed by atoms with Crippen LogP contribution in [0.4, 0.5) is 0 Å². The predicted molar refractivity (Wildman–Crippen MR) is 91.3 cm³/mol. The summed E-state index contributed by atoms with van der Waals surface area (Å²) in [4.78, 5) is 0. The molecule has 0 aromatic heterocycles. The lowest BCUT2D eigenvalue weighted by Crippen LogP contribution is -2.45. The molecule has 0 saturated heterocycles. The summed E-state index contributed by atoms with van der Waals surface area (Å²) in [6, 6.07) is 0. The van der Waals surface area contributed by atoms with Gasteiger partial charge in [-0.2, -0.15) is 0 Å². The largest absolute Gasteiger partial charge is 0.400 e. The smallest absolute Gasteiger partial charge is 0.194 e. The molecule has 1 rings (SSSR count). The van der Waals surface area contributed by atoms with Crippen molar-refractivity contribution in [3.05, 3.63) is 0 Å². The van der Waals surface area contributed by atoms with Crippen LogP contribution in [0, 0.1) is 17.8 Å². The van der Waals surface area contributed by atoms with Crippen molar-refractivity contribution in [3.8, 4) is 11.8 Å². The standard InChI is InChI=1S/C18H34OSi/c1-8-9-10-11-12-13-14-18(15-16(18)2)19-20(6,7)17(3,4)5/h16H,8-12,15H2,1-7H3/t16-,18+/m1/s1. The van der Waals surface area contributed by atoms with Gasteiger partial charge in [0.05, 0.1) is 0 Å². The van der Waals surface area contributed by atoms with Crippen LogP contribution in [0.15, 0.2) is 0 Å². The van der Waals surface area contributed by atoms with Crippen molar-refractivity contribution in [1.29, 1.82) is 0 Å². The van der Waals surface area contributed by atoms with Crippen LogP contribution in [-0.4, -0.2) is 13.9 Å². The Labute approximate surface area is 128 Å². The van der Waals surface area contributed by atoms with Crippen LogP contribution in [0.5, 0.6) is 0 Å². The molecule has 0 radical (unpaired) electrons. The first-order chi connectivity index (χ1) is 9.15. The van der Waals surface area contributed by atoms with Crippen molar-refractivity contribution in [3.63, 3.8) is 0 Å². The van der Waals surface area contributed by atoms with Crippen molar-refractivity contribution < 1.29 is 4.43 Å². The average Bonchev–Trinajstić information content (AvgIpc) is 2.91. The van der Waals surface area contributed by atoms with E-state index in [-0.39, 0.29) is 10.6 Å². The highest BCUT2D eigenvalue weighted by atomic mass is 28.4. The fourth-order valence-corrected chi connectivity index (χ4v) is 3.75. The summed E-state index contributed by atoms with van der Waals surface area (Å²) in [5.41, 5.74) is -0.103. The van der Waals surface area contributed by atoms with Crippen molar-refractivity contribution in [1.82, 2.24) is 0 Å². The Morgan fingerprint density at radius 2 is 1.80 bits per heavy atom. The first-order valence-corrected chi connectivity index (χ1v) is 11.3. The fourth-order valence-electron chi connectivity index (χ4n) is 2.20. The molecule has 0 heterocycles. The molecule has 1 fully saturated rings. The Bertz CT molecular complexity index is 369. The molecular formula is C18H34OSi. The van der Waals surface area contributed by atoms with E-state index in [1.165, 1.54) is 25.7 Å². The Morgan fingerprint density at radius 1 is 1.20 bits per heavy atom. The maximum atomic E-state index is 6.61. The van der Waals surface area contributed by atoms with E-state index in [4.69, 9.17) is 4.43 Å². The highest BCUT2D eigenvalue weighted by Crippen LogP contribution is 2.51. The fraction of sp³-hybridized carbons (Fsp3) is 0.889. The minimum Gasteiger partial charge on any atom is -0.400 e. The van der Waals surface area contributed by atoms with Crippen molar-refractivity contribution in [2.45, 2.75) is 96.9 Å². The van der Waals surface area contributed by atoms with E-state index in [0.29, 0.717) is 5.92 Å². The summed E-state index contributed by atoms with van der Waals surface area (Å²) >= 11 is 0. The van der Waals surface area contributed by atoms with Crippen molar-refractivity contribution >= 4 is 8.32 Å². The normalized spacial score (nSPS) is 26.1. The lowest BCUT2D eigenvalue weighted by atomic mass is 10.1. The molecule has 116 valence electrons. The van der Waals surface area contributed by atoms with E-state index >= 15 is 0 Å². The molecule has 1 aliphatic carbocycles. The van der Waals surface area contributed by atoms with E-state index in [2.05, 4.69) is 59.6 Å². The summed E-state index contributed by atoms with van der Waals surface area (Å²) in [6.07, 6.45) is 7.35. The minimum absolute atomic E-state index is 0.103. The quantitative estimate of drug-likeness (QED) is 0.344. The maximum absolute atomic E-state index is 6.61. The molecule has 0 spiro atoms. The molecule has 1 aliphatic rings. The van der Waals surface area contributed by atoms with Crippen LogP contribution < -0.4 is 0 Å². The molecule has 0 aliphatic heterocycles. The zero-order valence-electron chi connectivity index (χ0n) is 14.7. The maximum Gasteiger partial charge on any atom is 0.194 e. The highest BCUT2D eigenvalue weighted by molar-refractivity contribution is 6.74. The van der Waals surface area contributed by atoms with E-state index < -0.39 is 8.32 Å². The molecule has 0 bridgehead atoms. The first-order valence-electron chi connectivity index (χ1n) is 8.35. The van der Waals surface area contributed by atoms with E-state index in [9.17, 15) is 0 Å². The Kier molecular flexibility index (Phi) is 5.93. The van der Waals surface area contributed by atoms with Crippen LogP contribution in [0.1, 0.15) is 73.1 Å². The van der Waals surface area contributed by atoms with Gasteiger partial charge in [0.25, 0.3) is 0 Å². The molecule has 2 heteroatoms. The number of unbranched alkanes of at least 4 members (excludes halogenated alkanes) is 4. The van der Waals surface area contributed by atoms with Crippen molar-refractivity contribution in [2.24, 2.45) is 5.92 Å². The highest BCUT2D eigenvalue weighted by Gasteiger charge is 2.56. The van der Waals surface area contributed by atoms with Crippen LogP contribution in [0.3, 0.4) is 0 Å². The third-order valence-electron chi connectivity index (χ3n) is 4.94. The van der Waals surface area contributed by atoms with Gasteiger partial charge in [-0.3, -0.25) is 0 Å². The van der Waals surface area contributed by atoms with E-state index in [1.807, 2.05) is 0 Å². The molecule has 1 nitrogen and oxygen atoms in total. The summed E-state index contributed by atoms with van der Waals surface area (Å²) in [5, 5.41) is 0.269. The van der Waals surface area contributed by atoms with E-state index in [0.717, 1.165) is 12.8 Å². The van der Waals surface area contributed by atoms with Gasteiger partial charge in [-0.05, 0) is 36.9 Å². The molecule has 1 saturated carbocycles. The van der Waals surface area contributed by atoms with Gasteiger partial charge >= 0.3 is 0 Å².